The molecule has 0 radical (unpaired) electrons. The van der Waals surface area contributed by atoms with Gasteiger partial charge in [-0.05, 0) is 42.7 Å². The zero-order chi connectivity index (χ0) is 17.5. The fourth-order valence-electron chi connectivity index (χ4n) is 3.33. The molecule has 0 unspecified atom stereocenters. The molecule has 0 spiro atoms. The molecule has 1 aromatic heterocycles. The maximum Gasteiger partial charge on any atom is 0.191 e. The van der Waals surface area contributed by atoms with Crippen LogP contribution in [0.15, 0.2) is 48.0 Å². The first kappa shape index (κ1) is 20.7. The number of aliphatic imine (C=N–C) groups is 1. The van der Waals surface area contributed by atoms with Crippen LogP contribution < -0.4 is 10.6 Å². The Balaban J connectivity index is 0.00000243. The standard InChI is InChI=1S/C20H29N5.HI/c1-16-3-9-19(10-4-16)24-20(21-2)23-13-17-5-7-18(8-6-17)14-25-12-11-22-15-25;/h5-8,11-12,15-16,19H,3-4,9-10,13-14H2,1-2H3,(H2,21,23,24);1H. The van der Waals surface area contributed by atoms with E-state index in [1.807, 2.05) is 25.8 Å². The molecule has 1 heterocycles. The molecule has 0 atom stereocenters. The van der Waals surface area contributed by atoms with E-state index in [1.54, 1.807) is 0 Å². The fourth-order valence-corrected chi connectivity index (χ4v) is 3.33. The third kappa shape index (κ3) is 6.30. The molecule has 142 valence electrons. The van der Waals surface area contributed by atoms with Crippen LogP contribution in [0.25, 0.3) is 0 Å². The molecule has 1 fully saturated rings. The molecule has 6 heteroatoms. The van der Waals surface area contributed by atoms with Crippen LogP contribution in [0.5, 0.6) is 0 Å². The Morgan fingerprint density at radius 1 is 1.15 bits per heavy atom. The van der Waals surface area contributed by atoms with Gasteiger partial charge < -0.3 is 15.2 Å². The molecule has 1 aliphatic rings. The first-order valence-corrected chi connectivity index (χ1v) is 9.23. The fraction of sp³-hybridized carbons (Fsp3) is 0.500. The van der Waals surface area contributed by atoms with Crippen molar-refractivity contribution in [2.24, 2.45) is 10.9 Å². The quantitative estimate of drug-likeness (QED) is 0.400. The molecule has 0 bridgehead atoms. The van der Waals surface area contributed by atoms with Crippen LogP contribution in [0.4, 0.5) is 0 Å². The molecular weight excluding hydrogens is 437 g/mol. The predicted molar refractivity (Wildman–Crippen MR) is 118 cm³/mol. The molecular formula is C20H30IN5. The molecule has 2 N–H and O–H groups in total. The minimum atomic E-state index is 0. The lowest BCUT2D eigenvalue weighted by Crippen LogP contribution is -2.44. The number of rotatable bonds is 5. The maximum atomic E-state index is 4.37. The van der Waals surface area contributed by atoms with Crippen LogP contribution in [0.1, 0.15) is 43.7 Å². The van der Waals surface area contributed by atoms with Crippen molar-refractivity contribution in [3.63, 3.8) is 0 Å². The summed E-state index contributed by atoms with van der Waals surface area (Å²) in [4.78, 5) is 8.45. The predicted octanol–water partition coefficient (Wildman–Crippen LogP) is 3.79. The summed E-state index contributed by atoms with van der Waals surface area (Å²) >= 11 is 0. The van der Waals surface area contributed by atoms with Gasteiger partial charge in [0, 0.05) is 38.6 Å². The molecule has 3 rings (SSSR count). The molecule has 1 saturated carbocycles. The van der Waals surface area contributed by atoms with E-state index in [9.17, 15) is 0 Å². The van der Waals surface area contributed by atoms with Crippen LogP contribution in [-0.2, 0) is 13.1 Å². The number of imidazole rings is 1. The zero-order valence-electron chi connectivity index (χ0n) is 15.7. The third-order valence-corrected chi connectivity index (χ3v) is 4.99. The Hall–Kier alpha value is -1.57. The van der Waals surface area contributed by atoms with Crippen molar-refractivity contribution in [1.29, 1.82) is 0 Å². The second-order valence-corrected chi connectivity index (χ2v) is 7.08. The largest absolute Gasteiger partial charge is 0.354 e. The molecule has 1 aromatic carbocycles. The van der Waals surface area contributed by atoms with Gasteiger partial charge in [-0.1, -0.05) is 31.2 Å². The summed E-state index contributed by atoms with van der Waals surface area (Å²) in [7, 11) is 1.84. The van der Waals surface area contributed by atoms with E-state index in [1.165, 1.54) is 36.8 Å². The summed E-state index contributed by atoms with van der Waals surface area (Å²) in [5.41, 5.74) is 2.54. The molecule has 2 aromatic rings. The summed E-state index contributed by atoms with van der Waals surface area (Å²) in [6.45, 7) is 3.99. The van der Waals surface area contributed by atoms with Crippen LogP contribution >= 0.6 is 24.0 Å². The summed E-state index contributed by atoms with van der Waals surface area (Å²) in [6, 6.07) is 9.26. The van der Waals surface area contributed by atoms with Crippen LogP contribution in [-0.4, -0.2) is 28.6 Å². The highest BCUT2D eigenvalue weighted by Crippen LogP contribution is 2.23. The van der Waals surface area contributed by atoms with Crippen LogP contribution in [0.3, 0.4) is 0 Å². The van der Waals surface area contributed by atoms with Crippen molar-refractivity contribution in [3.05, 3.63) is 54.1 Å². The van der Waals surface area contributed by atoms with Gasteiger partial charge in [0.15, 0.2) is 5.96 Å². The summed E-state index contributed by atoms with van der Waals surface area (Å²) < 4.78 is 2.07. The zero-order valence-corrected chi connectivity index (χ0v) is 18.0. The van der Waals surface area contributed by atoms with Gasteiger partial charge in [-0.2, -0.15) is 0 Å². The van der Waals surface area contributed by atoms with Crippen molar-refractivity contribution < 1.29 is 0 Å². The number of halogens is 1. The molecule has 0 aliphatic heterocycles. The maximum absolute atomic E-state index is 4.37. The lowest BCUT2D eigenvalue weighted by atomic mass is 9.87. The Morgan fingerprint density at radius 3 is 2.46 bits per heavy atom. The minimum Gasteiger partial charge on any atom is -0.354 e. The van der Waals surface area contributed by atoms with Gasteiger partial charge >= 0.3 is 0 Å². The van der Waals surface area contributed by atoms with Crippen molar-refractivity contribution >= 4 is 29.9 Å². The van der Waals surface area contributed by atoms with E-state index in [0.717, 1.165) is 25.0 Å². The molecule has 0 saturated heterocycles. The van der Waals surface area contributed by atoms with Gasteiger partial charge in [-0.3, -0.25) is 4.99 Å². The highest BCUT2D eigenvalue weighted by atomic mass is 127. The molecule has 5 nitrogen and oxygen atoms in total. The van der Waals surface area contributed by atoms with Crippen molar-refractivity contribution in [1.82, 2.24) is 20.2 Å². The topological polar surface area (TPSA) is 54.2 Å². The van der Waals surface area contributed by atoms with E-state index in [-0.39, 0.29) is 24.0 Å². The first-order valence-electron chi connectivity index (χ1n) is 9.23. The van der Waals surface area contributed by atoms with Crippen molar-refractivity contribution in [2.45, 2.75) is 51.7 Å². The van der Waals surface area contributed by atoms with Gasteiger partial charge in [0.1, 0.15) is 0 Å². The monoisotopic (exact) mass is 467 g/mol. The number of nitrogens with one attached hydrogen (secondary N) is 2. The van der Waals surface area contributed by atoms with Crippen LogP contribution in [0.2, 0.25) is 0 Å². The van der Waals surface area contributed by atoms with Crippen molar-refractivity contribution in [3.8, 4) is 0 Å². The normalized spacial score (nSPS) is 20.3. The molecule has 1 aliphatic carbocycles. The van der Waals surface area contributed by atoms with Crippen LogP contribution in [0, 0.1) is 5.92 Å². The summed E-state index contributed by atoms with van der Waals surface area (Å²) in [5.74, 6) is 1.77. The number of hydrogen-bond donors (Lipinski definition) is 2. The Morgan fingerprint density at radius 2 is 1.85 bits per heavy atom. The minimum absolute atomic E-state index is 0. The SMILES string of the molecule is CN=C(NCc1ccc(Cn2ccnc2)cc1)NC1CCC(C)CC1.I. The number of aromatic nitrogens is 2. The Bertz CT molecular complexity index is 658. The smallest absolute Gasteiger partial charge is 0.191 e. The van der Waals surface area contributed by atoms with Gasteiger partial charge in [0.05, 0.1) is 6.33 Å². The highest BCUT2D eigenvalue weighted by molar-refractivity contribution is 14.0. The Labute approximate surface area is 173 Å². The highest BCUT2D eigenvalue weighted by Gasteiger charge is 2.18. The molecule has 26 heavy (non-hydrogen) atoms. The van der Waals surface area contributed by atoms with E-state index >= 15 is 0 Å². The van der Waals surface area contributed by atoms with Gasteiger partial charge in [-0.15, -0.1) is 24.0 Å². The second-order valence-electron chi connectivity index (χ2n) is 7.08. The van der Waals surface area contributed by atoms with Gasteiger partial charge in [-0.25, -0.2) is 4.98 Å². The number of guanidine groups is 1. The summed E-state index contributed by atoms with van der Waals surface area (Å²) in [6.07, 6.45) is 10.7. The van der Waals surface area contributed by atoms with E-state index in [4.69, 9.17) is 0 Å². The van der Waals surface area contributed by atoms with E-state index in [2.05, 4.69) is 56.4 Å². The average molecular weight is 467 g/mol. The van der Waals surface area contributed by atoms with Gasteiger partial charge in [0.25, 0.3) is 0 Å². The lowest BCUT2D eigenvalue weighted by Gasteiger charge is -2.28. The Kier molecular flexibility index (Phi) is 8.41. The first-order chi connectivity index (χ1) is 12.2. The number of hydrogen-bond acceptors (Lipinski definition) is 2. The van der Waals surface area contributed by atoms with Crippen molar-refractivity contribution in [2.75, 3.05) is 7.05 Å². The van der Waals surface area contributed by atoms with E-state index in [0.29, 0.717) is 6.04 Å². The van der Waals surface area contributed by atoms with Gasteiger partial charge in [0.2, 0.25) is 0 Å². The second kappa shape index (κ2) is 10.5. The number of nitrogens with zero attached hydrogens (tertiary/aromatic N) is 3. The lowest BCUT2D eigenvalue weighted by molar-refractivity contribution is 0.329. The molecule has 0 amide bonds. The average Bonchev–Trinajstić information content (AvgIpc) is 3.14. The third-order valence-electron chi connectivity index (χ3n) is 4.99. The van der Waals surface area contributed by atoms with E-state index < -0.39 is 0 Å². The summed E-state index contributed by atoms with van der Waals surface area (Å²) in [5, 5.41) is 7.00. The number of benzene rings is 1.